The molecule has 2 rings (SSSR count). The summed E-state index contributed by atoms with van der Waals surface area (Å²) < 4.78 is 0.972. The lowest BCUT2D eigenvalue weighted by Crippen LogP contribution is -2.19. The standard InChI is InChI=1S/C16H15BrN2O2/c1-11-2-7-15(20)13(8-11)10-18-19-16(21)9-12-3-5-14(17)6-4-12/h2-8,10,20H,9H2,1H3,(H,19,21). The summed E-state index contributed by atoms with van der Waals surface area (Å²) in [6.45, 7) is 1.92. The van der Waals surface area contributed by atoms with E-state index in [1.807, 2.05) is 31.2 Å². The normalized spacial score (nSPS) is 10.8. The van der Waals surface area contributed by atoms with Gasteiger partial charge in [0.1, 0.15) is 5.75 Å². The maximum atomic E-state index is 11.7. The van der Waals surface area contributed by atoms with Crippen LogP contribution in [-0.4, -0.2) is 17.2 Å². The Labute approximate surface area is 131 Å². The number of hydrogen-bond acceptors (Lipinski definition) is 3. The van der Waals surface area contributed by atoms with Gasteiger partial charge < -0.3 is 5.11 Å². The highest BCUT2D eigenvalue weighted by atomic mass is 79.9. The van der Waals surface area contributed by atoms with Crippen LogP contribution in [0.2, 0.25) is 0 Å². The third-order valence-electron chi connectivity index (χ3n) is 2.85. The second-order valence-electron chi connectivity index (χ2n) is 4.66. The van der Waals surface area contributed by atoms with Crippen LogP contribution in [0.15, 0.2) is 52.0 Å². The summed E-state index contributed by atoms with van der Waals surface area (Å²) in [6, 6.07) is 12.7. The van der Waals surface area contributed by atoms with Gasteiger partial charge in [-0.1, -0.05) is 39.7 Å². The number of amides is 1. The van der Waals surface area contributed by atoms with Crippen LogP contribution in [0.1, 0.15) is 16.7 Å². The molecule has 2 N–H and O–H groups in total. The van der Waals surface area contributed by atoms with Gasteiger partial charge in [-0.15, -0.1) is 0 Å². The van der Waals surface area contributed by atoms with Crippen LogP contribution >= 0.6 is 15.9 Å². The summed E-state index contributed by atoms with van der Waals surface area (Å²) in [6.07, 6.45) is 1.69. The minimum Gasteiger partial charge on any atom is -0.507 e. The molecular weight excluding hydrogens is 332 g/mol. The Balaban J connectivity index is 1.93. The Morgan fingerprint density at radius 3 is 2.71 bits per heavy atom. The number of benzene rings is 2. The summed E-state index contributed by atoms with van der Waals surface area (Å²) in [5, 5.41) is 13.5. The van der Waals surface area contributed by atoms with Crippen molar-refractivity contribution in [2.24, 2.45) is 5.10 Å². The SMILES string of the molecule is Cc1ccc(O)c(C=NNC(=O)Cc2ccc(Br)cc2)c1. The first-order valence-electron chi connectivity index (χ1n) is 6.40. The average Bonchev–Trinajstić information content (AvgIpc) is 2.45. The van der Waals surface area contributed by atoms with Crippen molar-refractivity contribution in [3.05, 3.63) is 63.6 Å². The molecule has 0 spiro atoms. The van der Waals surface area contributed by atoms with Gasteiger partial charge in [0, 0.05) is 10.0 Å². The number of nitrogens with one attached hydrogen (secondary N) is 1. The number of rotatable bonds is 4. The van der Waals surface area contributed by atoms with Crippen LogP contribution in [0.25, 0.3) is 0 Å². The summed E-state index contributed by atoms with van der Waals surface area (Å²) in [4.78, 5) is 11.7. The third-order valence-corrected chi connectivity index (χ3v) is 3.38. The molecule has 21 heavy (non-hydrogen) atoms. The fourth-order valence-corrected chi connectivity index (χ4v) is 2.04. The van der Waals surface area contributed by atoms with Crippen molar-refractivity contribution in [1.29, 1.82) is 0 Å². The number of nitrogens with zero attached hydrogens (tertiary/aromatic N) is 1. The smallest absolute Gasteiger partial charge is 0.244 e. The van der Waals surface area contributed by atoms with E-state index in [2.05, 4.69) is 26.5 Å². The molecule has 0 radical (unpaired) electrons. The number of phenols is 1. The first kappa shape index (κ1) is 15.3. The molecule has 5 heteroatoms. The third kappa shape index (κ3) is 4.72. The van der Waals surface area contributed by atoms with Crippen LogP contribution in [0.5, 0.6) is 5.75 Å². The molecular formula is C16H15BrN2O2. The largest absolute Gasteiger partial charge is 0.507 e. The van der Waals surface area contributed by atoms with E-state index in [1.54, 1.807) is 18.2 Å². The van der Waals surface area contributed by atoms with Crippen molar-refractivity contribution < 1.29 is 9.90 Å². The number of carbonyl (C=O) groups excluding carboxylic acids is 1. The van der Waals surface area contributed by atoms with E-state index in [4.69, 9.17) is 0 Å². The Morgan fingerprint density at radius 1 is 1.29 bits per heavy atom. The highest BCUT2D eigenvalue weighted by molar-refractivity contribution is 9.10. The molecule has 2 aromatic rings. The zero-order valence-corrected chi connectivity index (χ0v) is 13.1. The van der Waals surface area contributed by atoms with Gasteiger partial charge in [0.05, 0.1) is 12.6 Å². The monoisotopic (exact) mass is 346 g/mol. The van der Waals surface area contributed by atoms with Gasteiger partial charge in [0.15, 0.2) is 0 Å². The zero-order chi connectivity index (χ0) is 15.2. The number of phenolic OH excluding ortho intramolecular Hbond substituents is 1. The van der Waals surface area contributed by atoms with Gasteiger partial charge in [-0.2, -0.15) is 5.10 Å². The molecule has 0 aromatic heterocycles. The molecule has 0 saturated heterocycles. The van der Waals surface area contributed by atoms with Gasteiger partial charge in [-0.3, -0.25) is 4.79 Å². The molecule has 0 atom stereocenters. The fraction of sp³-hybridized carbons (Fsp3) is 0.125. The Bertz CT molecular complexity index is 666. The molecule has 0 aliphatic carbocycles. The van der Waals surface area contributed by atoms with Crippen LogP contribution in [0.3, 0.4) is 0 Å². The topological polar surface area (TPSA) is 61.7 Å². The molecule has 0 saturated carbocycles. The highest BCUT2D eigenvalue weighted by Gasteiger charge is 2.02. The molecule has 0 heterocycles. The molecule has 1 amide bonds. The first-order chi connectivity index (χ1) is 10.0. The Kier molecular flexibility index (Phi) is 5.11. The molecule has 2 aromatic carbocycles. The van der Waals surface area contributed by atoms with E-state index in [0.29, 0.717) is 5.56 Å². The molecule has 0 aliphatic rings. The van der Waals surface area contributed by atoms with Crippen molar-refractivity contribution in [3.63, 3.8) is 0 Å². The van der Waals surface area contributed by atoms with E-state index >= 15 is 0 Å². The highest BCUT2D eigenvalue weighted by Crippen LogP contribution is 2.15. The summed E-state index contributed by atoms with van der Waals surface area (Å²) >= 11 is 3.34. The Hall–Kier alpha value is -2.14. The second-order valence-corrected chi connectivity index (χ2v) is 5.57. The lowest BCUT2D eigenvalue weighted by atomic mass is 10.1. The number of aromatic hydroxyl groups is 1. The van der Waals surface area contributed by atoms with Gasteiger partial charge in [0.2, 0.25) is 5.91 Å². The number of hydrogen-bond donors (Lipinski definition) is 2. The van der Waals surface area contributed by atoms with Crippen molar-refractivity contribution >= 4 is 28.1 Å². The average molecular weight is 347 g/mol. The molecule has 0 fully saturated rings. The molecule has 0 aliphatic heterocycles. The lowest BCUT2D eigenvalue weighted by molar-refractivity contribution is -0.120. The molecule has 108 valence electrons. The lowest BCUT2D eigenvalue weighted by Gasteiger charge is -2.02. The number of carbonyl (C=O) groups is 1. The van der Waals surface area contributed by atoms with Gasteiger partial charge in [-0.25, -0.2) is 5.43 Å². The zero-order valence-electron chi connectivity index (χ0n) is 11.5. The predicted octanol–water partition coefficient (Wildman–Crippen LogP) is 3.16. The molecule has 4 nitrogen and oxygen atoms in total. The number of hydrazone groups is 1. The molecule has 0 unspecified atom stereocenters. The predicted molar refractivity (Wildman–Crippen MR) is 86.4 cm³/mol. The minimum atomic E-state index is -0.208. The van der Waals surface area contributed by atoms with E-state index in [0.717, 1.165) is 15.6 Å². The van der Waals surface area contributed by atoms with Crippen LogP contribution < -0.4 is 5.43 Å². The maximum Gasteiger partial charge on any atom is 0.244 e. The van der Waals surface area contributed by atoms with Crippen molar-refractivity contribution in [2.45, 2.75) is 13.3 Å². The summed E-state index contributed by atoms with van der Waals surface area (Å²) in [7, 11) is 0. The quantitative estimate of drug-likeness (QED) is 0.659. The van der Waals surface area contributed by atoms with E-state index in [9.17, 15) is 9.90 Å². The van der Waals surface area contributed by atoms with Crippen LogP contribution in [-0.2, 0) is 11.2 Å². The van der Waals surface area contributed by atoms with E-state index < -0.39 is 0 Å². The van der Waals surface area contributed by atoms with Crippen molar-refractivity contribution in [2.75, 3.05) is 0 Å². The fourth-order valence-electron chi connectivity index (χ4n) is 1.78. The Morgan fingerprint density at radius 2 is 2.00 bits per heavy atom. The summed E-state index contributed by atoms with van der Waals surface area (Å²) in [5.41, 5.74) is 4.93. The first-order valence-corrected chi connectivity index (χ1v) is 7.20. The van der Waals surface area contributed by atoms with Gasteiger partial charge in [0.25, 0.3) is 0 Å². The van der Waals surface area contributed by atoms with Crippen LogP contribution in [0.4, 0.5) is 0 Å². The molecule has 0 bridgehead atoms. The maximum absolute atomic E-state index is 11.7. The number of halogens is 1. The van der Waals surface area contributed by atoms with Gasteiger partial charge >= 0.3 is 0 Å². The summed E-state index contributed by atoms with van der Waals surface area (Å²) in [5.74, 6) is -0.0766. The van der Waals surface area contributed by atoms with Gasteiger partial charge in [-0.05, 0) is 36.8 Å². The minimum absolute atomic E-state index is 0.131. The van der Waals surface area contributed by atoms with Crippen LogP contribution in [0, 0.1) is 6.92 Å². The second kappa shape index (κ2) is 7.04. The van der Waals surface area contributed by atoms with E-state index in [-0.39, 0.29) is 18.1 Å². The van der Waals surface area contributed by atoms with Crippen molar-refractivity contribution in [1.82, 2.24) is 5.43 Å². The van der Waals surface area contributed by atoms with E-state index in [1.165, 1.54) is 6.21 Å². The van der Waals surface area contributed by atoms with Crippen molar-refractivity contribution in [3.8, 4) is 5.75 Å². The number of aryl methyl sites for hydroxylation is 1.